The number of aromatic nitrogens is 5. The second kappa shape index (κ2) is 7.77. The minimum Gasteiger partial charge on any atom is -0.480 e. The summed E-state index contributed by atoms with van der Waals surface area (Å²) in [5, 5.41) is 13.5. The maximum Gasteiger partial charge on any atom is 0.191 e. The van der Waals surface area contributed by atoms with E-state index in [2.05, 4.69) is 20.1 Å². The van der Waals surface area contributed by atoms with E-state index in [1.54, 1.807) is 14.0 Å². The molecule has 0 amide bonds. The molecule has 0 aliphatic heterocycles. The van der Waals surface area contributed by atoms with Crippen molar-refractivity contribution >= 4 is 28.3 Å². The van der Waals surface area contributed by atoms with Gasteiger partial charge in [-0.15, -0.1) is 0 Å². The molecule has 11 heteroatoms. The molecule has 2 aromatic carbocycles. The number of anilines is 1. The first-order chi connectivity index (χ1) is 14.8. The number of rotatable bonds is 4. The summed E-state index contributed by atoms with van der Waals surface area (Å²) < 4.78 is 35.9. The number of aryl methyl sites for hydroxylation is 1. The highest BCUT2D eigenvalue weighted by Gasteiger charge is 2.24. The maximum atomic E-state index is 14.8. The van der Waals surface area contributed by atoms with Crippen LogP contribution in [-0.2, 0) is 7.05 Å². The van der Waals surface area contributed by atoms with E-state index < -0.39 is 22.8 Å². The summed E-state index contributed by atoms with van der Waals surface area (Å²) in [6, 6.07) is 5.65. The molecule has 0 radical (unpaired) electrons. The van der Waals surface area contributed by atoms with Crippen molar-refractivity contribution in [2.75, 3.05) is 5.73 Å². The predicted molar refractivity (Wildman–Crippen MR) is 109 cm³/mol. The van der Waals surface area contributed by atoms with Gasteiger partial charge in [-0.25, -0.2) is 23.7 Å². The number of hydrogen-bond donors (Lipinski definition) is 1. The van der Waals surface area contributed by atoms with Gasteiger partial charge in [0, 0.05) is 18.2 Å². The predicted octanol–water partition coefficient (Wildman–Crippen LogP) is 3.95. The molecule has 0 bridgehead atoms. The van der Waals surface area contributed by atoms with Crippen LogP contribution in [0.15, 0.2) is 30.9 Å². The number of nitrogens with zero attached hydrogens (tertiary/aromatic N) is 6. The Morgan fingerprint density at radius 1 is 1.23 bits per heavy atom. The first-order valence-electron chi connectivity index (χ1n) is 8.95. The zero-order chi connectivity index (χ0) is 22.3. The van der Waals surface area contributed by atoms with E-state index in [1.807, 2.05) is 6.07 Å². The zero-order valence-electron chi connectivity index (χ0n) is 16.3. The molecule has 2 aromatic heterocycles. The van der Waals surface area contributed by atoms with Crippen molar-refractivity contribution in [3.63, 3.8) is 0 Å². The Balaban J connectivity index is 1.97. The fourth-order valence-electron chi connectivity index (χ4n) is 3.16. The maximum absolute atomic E-state index is 14.8. The minimum atomic E-state index is -0.983. The van der Waals surface area contributed by atoms with Crippen molar-refractivity contribution < 1.29 is 13.5 Å². The lowest BCUT2D eigenvalue weighted by atomic mass is 9.97. The highest BCUT2D eigenvalue weighted by molar-refractivity contribution is 6.31. The molecule has 156 valence electrons. The number of nitrogen functional groups attached to an aromatic ring is 1. The molecule has 2 heterocycles. The SMILES string of the molecule is C[C@H](Oc1c(C#N)cc(-c2ccc(F)c(Cl)c2F)c2ncnc(N)c12)c1ncn(C)n1. The lowest BCUT2D eigenvalue weighted by Crippen LogP contribution is -2.09. The molecule has 0 aliphatic rings. The summed E-state index contributed by atoms with van der Waals surface area (Å²) in [5.74, 6) is -1.38. The van der Waals surface area contributed by atoms with E-state index in [1.165, 1.54) is 29.5 Å². The Bertz CT molecular complexity index is 1370. The summed E-state index contributed by atoms with van der Waals surface area (Å²) in [6.07, 6.45) is 2.07. The van der Waals surface area contributed by atoms with Gasteiger partial charge in [0.05, 0.1) is 16.5 Å². The molecule has 4 aromatic rings. The number of benzene rings is 2. The fraction of sp³-hybridized carbons (Fsp3) is 0.150. The van der Waals surface area contributed by atoms with Crippen molar-refractivity contribution in [2.24, 2.45) is 7.05 Å². The van der Waals surface area contributed by atoms with Crippen LogP contribution >= 0.6 is 11.6 Å². The van der Waals surface area contributed by atoms with Crippen LogP contribution in [0.25, 0.3) is 22.0 Å². The van der Waals surface area contributed by atoms with Crippen molar-refractivity contribution in [1.29, 1.82) is 5.26 Å². The van der Waals surface area contributed by atoms with E-state index in [9.17, 15) is 14.0 Å². The number of nitrogens with two attached hydrogens (primary N) is 1. The fourth-order valence-corrected chi connectivity index (χ4v) is 3.32. The molecular weight excluding hydrogens is 428 g/mol. The Kier molecular flexibility index (Phi) is 5.12. The van der Waals surface area contributed by atoms with Gasteiger partial charge in [0.2, 0.25) is 0 Å². The molecular formula is C20H14ClF2N7O. The van der Waals surface area contributed by atoms with E-state index >= 15 is 0 Å². The van der Waals surface area contributed by atoms with Crippen molar-refractivity contribution in [1.82, 2.24) is 24.7 Å². The lowest BCUT2D eigenvalue weighted by molar-refractivity contribution is 0.218. The second-order valence-corrected chi connectivity index (χ2v) is 7.03. The molecule has 0 saturated carbocycles. The molecule has 0 aliphatic carbocycles. The highest BCUT2D eigenvalue weighted by atomic mass is 35.5. The molecule has 8 nitrogen and oxygen atoms in total. The van der Waals surface area contributed by atoms with Crippen LogP contribution in [0, 0.1) is 23.0 Å². The third kappa shape index (κ3) is 3.49. The van der Waals surface area contributed by atoms with Gasteiger partial charge in [-0.2, -0.15) is 10.4 Å². The average molecular weight is 442 g/mol. The summed E-state index contributed by atoms with van der Waals surface area (Å²) in [4.78, 5) is 12.3. The smallest absolute Gasteiger partial charge is 0.191 e. The number of ether oxygens (including phenoxy) is 1. The monoisotopic (exact) mass is 441 g/mol. The molecule has 0 unspecified atom stereocenters. The summed E-state index contributed by atoms with van der Waals surface area (Å²) in [7, 11) is 1.71. The van der Waals surface area contributed by atoms with Gasteiger partial charge in [-0.3, -0.25) is 4.68 Å². The van der Waals surface area contributed by atoms with Crippen molar-refractivity contribution in [2.45, 2.75) is 13.0 Å². The summed E-state index contributed by atoms with van der Waals surface area (Å²) >= 11 is 5.75. The van der Waals surface area contributed by atoms with E-state index in [4.69, 9.17) is 22.1 Å². The highest BCUT2D eigenvalue weighted by Crippen LogP contribution is 2.41. The van der Waals surface area contributed by atoms with Crippen LogP contribution in [0.4, 0.5) is 14.6 Å². The normalized spacial score (nSPS) is 12.0. The Morgan fingerprint density at radius 3 is 2.68 bits per heavy atom. The summed E-state index contributed by atoms with van der Waals surface area (Å²) in [5.41, 5.74) is 6.49. The molecule has 4 rings (SSSR count). The molecule has 31 heavy (non-hydrogen) atoms. The topological polar surface area (TPSA) is 116 Å². The Hall–Kier alpha value is -3.84. The first-order valence-corrected chi connectivity index (χ1v) is 9.33. The van der Waals surface area contributed by atoms with E-state index in [0.717, 1.165) is 6.07 Å². The Morgan fingerprint density at radius 2 is 2.00 bits per heavy atom. The number of hydrogen-bond acceptors (Lipinski definition) is 7. The van der Waals surface area contributed by atoms with Gasteiger partial charge in [-0.1, -0.05) is 11.6 Å². The van der Waals surface area contributed by atoms with E-state index in [-0.39, 0.29) is 39.2 Å². The van der Waals surface area contributed by atoms with Crippen LogP contribution in [0.3, 0.4) is 0 Å². The zero-order valence-corrected chi connectivity index (χ0v) is 17.0. The molecule has 1 atom stereocenters. The second-order valence-electron chi connectivity index (χ2n) is 6.65. The molecule has 2 N–H and O–H groups in total. The third-order valence-corrected chi connectivity index (χ3v) is 4.96. The Labute approximate surface area is 179 Å². The van der Waals surface area contributed by atoms with E-state index in [0.29, 0.717) is 5.82 Å². The molecule has 0 spiro atoms. The van der Waals surface area contributed by atoms with Crippen LogP contribution in [-0.4, -0.2) is 24.7 Å². The van der Waals surface area contributed by atoms with Crippen LogP contribution in [0.2, 0.25) is 5.02 Å². The van der Waals surface area contributed by atoms with Crippen LogP contribution in [0.5, 0.6) is 5.75 Å². The molecule has 0 saturated heterocycles. The van der Waals surface area contributed by atoms with Gasteiger partial charge in [0.1, 0.15) is 35.4 Å². The number of fused-ring (bicyclic) bond motifs is 1. The van der Waals surface area contributed by atoms with Crippen LogP contribution < -0.4 is 10.5 Å². The number of halogens is 3. The summed E-state index contributed by atoms with van der Waals surface area (Å²) in [6.45, 7) is 1.70. The standard InChI is InChI=1S/C20H14ClF2N7O/c1-9(20-28-8-30(2)29-20)31-18-10(6-24)5-12(17-14(18)19(25)27-7-26-17)11-3-4-13(22)15(21)16(11)23/h3-5,7-9H,1-2H3,(H2,25,26,27)/t9-/m0/s1. The van der Waals surface area contributed by atoms with Crippen molar-refractivity contribution in [3.05, 3.63) is 58.9 Å². The van der Waals surface area contributed by atoms with Crippen molar-refractivity contribution in [3.8, 4) is 22.9 Å². The average Bonchev–Trinajstić information content (AvgIpc) is 3.19. The third-order valence-electron chi connectivity index (χ3n) is 4.61. The van der Waals surface area contributed by atoms with Crippen LogP contribution in [0.1, 0.15) is 24.4 Å². The lowest BCUT2D eigenvalue weighted by Gasteiger charge is -2.18. The van der Waals surface area contributed by atoms with Gasteiger partial charge >= 0.3 is 0 Å². The van der Waals surface area contributed by atoms with Gasteiger partial charge in [0.25, 0.3) is 0 Å². The largest absolute Gasteiger partial charge is 0.480 e. The molecule has 0 fully saturated rings. The van der Waals surface area contributed by atoms with Gasteiger partial charge in [-0.05, 0) is 25.1 Å². The van der Waals surface area contributed by atoms with Gasteiger partial charge < -0.3 is 10.5 Å². The quantitative estimate of drug-likeness (QED) is 0.476. The number of nitriles is 1. The first kappa shape index (κ1) is 20.4. The van der Waals surface area contributed by atoms with Gasteiger partial charge in [0.15, 0.2) is 23.5 Å². The minimum absolute atomic E-state index is 0.0214.